The number of aromatic nitrogens is 1. The molecule has 0 spiro atoms. The van der Waals surface area contributed by atoms with E-state index in [1.54, 1.807) is 30.0 Å². The van der Waals surface area contributed by atoms with Crippen LogP contribution in [0.15, 0.2) is 64.9 Å². The monoisotopic (exact) mass is 395 g/mol. The number of rotatable bonds is 5. The van der Waals surface area contributed by atoms with E-state index in [0.29, 0.717) is 22.2 Å². The van der Waals surface area contributed by atoms with Gasteiger partial charge in [-0.15, -0.1) is 0 Å². The van der Waals surface area contributed by atoms with Gasteiger partial charge in [-0.1, -0.05) is 46.3 Å². The first-order valence-corrected chi connectivity index (χ1v) is 8.77. The first kappa shape index (κ1) is 17.4. The molecular formula is C18H15BBrN3O2. The third kappa shape index (κ3) is 3.24. The minimum atomic E-state index is -0.306. The molecule has 0 aliphatic carbocycles. The molecule has 1 heterocycles. The Morgan fingerprint density at radius 1 is 1.24 bits per heavy atom. The Morgan fingerprint density at radius 3 is 2.64 bits per heavy atom. The second kappa shape index (κ2) is 7.65. The molecule has 0 fully saturated rings. The molecule has 0 saturated heterocycles. The van der Waals surface area contributed by atoms with Gasteiger partial charge in [-0.2, -0.15) is 0 Å². The van der Waals surface area contributed by atoms with E-state index in [1.807, 2.05) is 36.4 Å². The summed E-state index contributed by atoms with van der Waals surface area (Å²) in [5.41, 5.74) is 2.11. The van der Waals surface area contributed by atoms with E-state index < -0.39 is 0 Å². The Kier molecular flexibility index (Phi) is 5.33. The van der Waals surface area contributed by atoms with Gasteiger partial charge >= 0.3 is 0 Å². The average Bonchev–Trinajstić information content (AvgIpc) is 3.09. The molecular weight excluding hydrogens is 381 g/mol. The molecule has 1 aromatic heterocycles. The molecule has 1 unspecified atom stereocenters. The van der Waals surface area contributed by atoms with Gasteiger partial charge in [0, 0.05) is 28.0 Å². The van der Waals surface area contributed by atoms with Crippen molar-refractivity contribution in [2.75, 3.05) is 12.4 Å². The lowest BCUT2D eigenvalue weighted by molar-refractivity contribution is 0.0964. The maximum atomic E-state index is 12.9. The summed E-state index contributed by atoms with van der Waals surface area (Å²) in [7, 11) is 6.79. The zero-order valence-corrected chi connectivity index (χ0v) is 15.2. The van der Waals surface area contributed by atoms with Gasteiger partial charge in [-0.05, 0) is 18.2 Å². The topological polar surface area (TPSA) is 56.0 Å². The SMILES string of the molecule is [B]N=NC(CBr)c1ccc2ccn(C(=O)c3ccccc3)c2c1OC. The van der Waals surface area contributed by atoms with Crippen molar-refractivity contribution in [3.05, 3.63) is 65.9 Å². The molecule has 0 aliphatic heterocycles. The predicted molar refractivity (Wildman–Crippen MR) is 102 cm³/mol. The molecule has 3 rings (SSSR count). The third-order valence-electron chi connectivity index (χ3n) is 3.99. The molecule has 0 aliphatic rings. The minimum Gasteiger partial charge on any atom is -0.494 e. The van der Waals surface area contributed by atoms with E-state index in [2.05, 4.69) is 26.1 Å². The van der Waals surface area contributed by atoms with Crippen molar-refractivity contribution in [1.29, 1.82) is 0 Å². The number of carbonyl (C=O) groups excluding carboxylic acids is 1. The average molecular weight is 396 g/mol. The first-order chi connectivity index (χ1) is 12.2. The summed E-state index contributed by atoms with van der Waals surface area (Å²) in [5.74, 6) is 0.463. The number of fused-ring (bicyclic) bond motifs is 1. The Morgan fingerprint density at radius 2 is 2.00 bits per heavy atom. The van der Waals surface area contributed by atoms with Crippen LogP contribution in [0.3, 0.4) is 0 Å². The fourth-order valence-electron chi connectivity index (χ4n) is 2.84. The van der Waals surface area contributed by atoms with Gasteiger partial charge < -0.3 is 4.74 Å². The highest BCUT2D eigenvalue weighted by Gasteiger charge is 2.21. The van der Waals surface area contributed by atoms with Crippen molar-refractivity contribution in [3.8, 4) is 5.75 Å². The summed E-state index contributed by atoms with van der Waals surface area (Å²) >= 11 is 3.42. The lowest BCUT2D eigenvalue weighted by Gasteiger charge is -2.16. The second-order valence-electron chi connectivity index (χ2n) is 5.38. The van der Waals surface area contributed by atoms with Crippen LogP contribution in [0.2, 0.25) is 0 Å². The van der Waals surface area contributed by atoms with Gasteiger partial charge in [0.2, 0.25) is 0 Å². The van der Waals surface area contributed by atoms with E-state index in [-0.39, 0.29) is 11.9 Å². The maximum absolute atomic E-state index is 12.9. The number of benzene rings is 2. The van der Waals surface area contributed by atoms with Gasteiger partial charge in [0.05, 0.1) is 12.6 Å². The normalized spacial score (nSPS) is 12.6. The van der Waals surface area contributed by atoms with Gasteiger partial charge in [-0.25, -0.2) is 5.11 Å². The molecule has 2 aromatic carbocycles. The molecule has 0 N–H and O–H groups in total. The summed E-state index contributed by atoms with van der Waals surface area (Å²) < 4.78 is 7.23. The number of halogens is 1. The predicted octanol–water partition coefficient (Wildman–Crippen LogP) is 4.31. The quantitative estimate of drug-likeness (QED) is 0.367. The Labute approximate surface area is 155 Å². The van der Waals surface area contributed by atoms with E-state index >= 15 is 0 Å². The molecule has 3 aromatic rings. The minimum absolute atomic E-state index is 0.123. The van der Waals surface area contributed by atoms with Crippen molar-refractivity contribution in [3.63, 3.8) is 0 Å². The number of alkyl halides is 1. The fraction of sp³-hybridized carbons (Fsp3) is 0.167. The smallest absolute Gasteiger partial charge is 0.292 e. The Bertz CT molecular complexity index is 925. The van der Waals surface area contributed by atoms with Crippen LogP contribution in [0.4, 0.5) is 0 Å². The van der Waals surface area contributed by atoms with Gasteiger partial charge in [0.15, 0.2) is 0 Å². The Balaban J connectivity index is 2.20. The number of hydrogen-bond donors (Lipinski definition) is 0. The van der Waals surface area contributed by atoms with Gasteiger partial charge in [-0.3, -0.25) is 14.4 Å². The number of ether oxygens (including phenoxy) is 1. The molecule has 0 saturated carbocycles. The van der Waals surface area contributed by atoms with E-state index in [4.69, 9.17) is 12.7 Å². The van der Waals surface area contributed by atoms with Crippen molar-refractivity contribution < 1.29 is 9.53 Å². The lowest BCUT2D eigenvalue weighted by atomic mass is 10.1. The van der Waals surface area contributed by atoms with Crippen molar-refractivity contribution >= 4 is 40.7 Å². The zero-order chi connectivity index (χ0) is 17.8. The largest absolute Gasteiger partial charge is 0.494 e. The van der Waals surface area contributed by atoms with Crippen molar-refractivity contribution in [1.82, 2.24) is 4.57 Å². The highest BCUT2D eigenvalue weighted by Crippen LogP contribution is 2.36. The van der Waals surface area contributed by atoms with Crippen LogP contribution in [0.5, 0.6) is 5.75 Å². The highest BCUT2D eigenvalue weighted by atomic mass is 79.9. The molecule has 1 atom stereocenters. The highest BCUT2D eigenvalue weighted by molar-refractivity contribution is 9.09. The van der Waals surface area contributed by atoms with Crippen LogP contribution in [0.25, 0.3) is 10.9 Å². The van der Waals surface area contributed by atoms with Gasteiger partial charge in [0.1, 0.15) is 11.8 Å². The summed E-state index contributed by atoms with van der Waals surface area (Å²) in [4.78, 5) is 12.9. The number of carbonyl (C=O) groups is 1. The molecule has 7 heteroatoms. The first-order valence-electron chi connectivity index (χ1n) is 7.65. The van der Waals surface area contributed by atoms with E-state index in [0.717, 1.165) is 10.9 Å². The van der Waals surface area contributed by atoms with Crippen LogP contribution in [0, 0.1) is 0 Å². The van der Waals surface area contributed by atoms with Crippen LogP contribution in [0.1, 0.15) is 22.0 Å². The standard InChI is InChI=1S/C18H15BBrN3O2/c1-25-17-14(15(11-20)21-22-19)8-7-12-9-10-23(16(12)17)18(24)13-5-3-2-4-6-13/h2-10,15H,11H2,1H3. The molecule has 25 heavy (non-hydrogen) atoms. The molecule has 0 amide bonds. The summed E-state index contributed by atoms with van der Waals surface area (Å²) in [6.07, 6.45) is 1.75. The van der Waals surface area contributed by atoms with Crippen LogP contribution in [-0.4, -0.2) is 30.9 Å². The third-order valence-corrected chi connectivity index (χ3v) is 4.61. The number of nitrogens with zero attached hydrogens (tertiary/aromatic N) is 3. The molecule has 2 radical (unpaired) electrons. The molecule has 0 bridgehead atoms. The Hall–Kier alpha value is -2.41. The number of methoxy groups -OCH3 is 1. The van der Waals surface area contributed by atoms with Crippen LogP contribution >= 0.6 is 15.9 Å². The molecule has 124 valence electrons. The number of hydrogen-bond acceptors (Lipinski definition) is 4. The van der Waals surface area contributed by atoms with Crippen LogP contribution in [-0.2, 0) is 0 Å². The molecule has 5 nitrogen and oxygen atoms in total. The van der Waals surface area contributed by atoms with Crippen molar-refractivity contribution in [2.24, 2.45) is 10.1 Å². The van der Waals surface area contributed by atoms with E-state index in [9.17, 15) is 4.79 Å². The van der Waals surface area contributed by atoms with Crippen molar-refractivity contribution in [2.45, 2.75) is 6.04 Å². The zero-order valence-electron chi connectivity index (χ0n) is 13.6. The fourth-order valence-corrected chi connectivity index (χ4v) is 3.32. The second-order valence-corrected chi connectivity index (χ2v) is 6.03. The summed E-state index contributed by atoms with van der Waals surface area (Å²) in [6.45, 7) is 0. The van der Waals surface area contributed by atoms with E-state index in [1.165, 1.54) is 0 Å². The van der Waals surface area contributed by atoms with Gasteiger partial charge in [0.25, 0.3) is 13.9 Å². The van der Waals surface area contributed by atoms with Crippen LogP contribution < -0.4 is 4.74 Å². The maximum Gasteiger partial charge on any atom is 0.292 e. The summed E-state index contributed by atoms with van der Waals surface area (Å²) in [5, 5.41) is 8.86. The lowest BCUT2D eigenvalue weighted by Crippen LogP contribution is -2.12. The summed E-state index contributed by atoms with van der Waals surface area (Å²) in [6, 6.07) is 14.6.